The largest absolute Gasteiger partial charge is 0.493 e. The van der Waals surface area contributed by atoms with E-state index in [0.717, 1.165) is 44.6 Å². The summed E-state index contributed by atoms with van der Waals surface area (Å²) in [6.07, 6.45) is 8.03. The molecule has 2 heterocycles. The minimum Gasteiger partial charge on any atom is -0.493 e. The van der Waals surface area contributed by atoms with Gasteiger partial charge in [0, 0.05) is 31.4 Å². The molecular formula is C16H18N2O2. The van der Waals surface area contributed by atoms with Crippen molar-refractivity contribution >= 4 is 0 Å². The van der Waals surface area contributed by atoms with Crippen LogP contribution in [-0.2, 0) is 19.4 Å². The maximum atomic E-state index is 12.2. The number of ether oxygens (including phenoxy) is 1. The number of hydrogen-bond acceptors (Lipinski definition) is 2. The lowest BCUT2D eigenvalue weighted by molar-refractivity contribution is 0.357. The molecule has 104 valence electrons. The molecule has 0 N–H and O–H groups in total. The van der Waals surface area contributed by atoms with Crippen LogP contribution in [0.4, 0.5) is 0 Å². The highest BCUT2D eigenvalue weighted by molar-refractivity contribution is 5.39. The van der Waals surface area contributed by atoms with Gasteiger partial charge in [-0.25, -0.2) is 4.79 Å². The molecule has 4 nitrogen and oxygen atoms in total. The van der Waals surface area contributed by atoms with Gasteiger partial charge in [0.1, 0.15) is 5.75 Å². The van der Waals surface area contributed by atoms with E-state index in [1.165, 1.54) is 11.1 Å². The van der Waals surface area contributed by atoms with Crippen LogP contribution in [0, 0.1) is 0 Å². The molecule has 1 aromatic heterocycles. The molecule has 0 atom stereocenters. The van der Waals surface area contributed by atoms with Crippen LogP contribution < -0.4 is 10.4 Å². The molecule has 0 bridgehead atoms. The molecule has 1 aromatic carbocycles. The smallest absolute Gasteiger partial charge is 0.328 e. The zero-order valence-electron chi connectivity index (χ0n) is 11.4. The highest BCUT2D eigenvalue weighted by atomic mass is 16.5. The third-order valence-corrected chi connectivity index (χ3v) is 4.21. The highest BCUT2D eigenvalue weighted by Gasteiger charge is 2.25. The molecule has 0 amide bonds. The van der Waals surface area contributed by atoms with Gasteiger partial charge in [-0.05, 0) is 36.5 Å². The topological polar surface area (TPSA) is 36.2 Å². The SMILES string of the molecule is O=c1n(CCc2ccc3c(c2)CCO3)ccn1C1CC1. The maximum absolute atomic E-state index is 12.2. The van der Waals surface area contributed by atoms with Crippen molar-refractivity contribution in [3.05, 3.63) is 52.2 Å². The van der Waals surface area contributed by atoms with Crippen molar-refractivity contribution in [2.24, 2.45) is 0 Å². The number of aromatic nitrogens is 2. The second kappa shape index (κ2) is 4.54. The van der Waals surface area contributed by atoms with E-state index in [1.807, 2.05) is 21.5 Å². The second-order valence-electron chi connectivity index (χ2n) is 5.70. The third-order valence-electron chi connectivity index (χ3n) is 4.21. The molecule has 1 saturated carbocycles. The van der Waals surface area contributed by atoms with E-state index in [2.05, 4.69) is 18.2 Å². The van der Waals surface area contributed by atoms with Gasteiger partial charge >= 0.3 is 5.69 Å². The van der Waals surface area contributed by atoms with E-state index in [0.29, 0.717) is 6.04 Å². The van der Waals surface area contributed by atoms with Crippen LogP contribution in [0.15, 0.2) is 35.4 Å². The van der Waals surface area contributed by atoms with Gasteiger partial charge in [-0.2, -0.15) is 0 Å². The fraction of sp³-hybridized carbons (Fsp3) is 0.438. The predicted molar refractivity (Wildman–Crippen MR) is 76.3 cm³/mol. The number of aryl methyl sites for hydroxylation is 2. The van der Waals surface area contributed by atoms with Gasteiger partial charge in [0.05, 0.1) is 6.61 Å². The number of benzene rings is 1. The van der Waals surface area contributed by atoms with E-state index in [9.17, 15) is 4.79 Å². The second-order valence-corrected chi connectivity index (χ2v) is 5.70. The molecule has 0 spiro atoms. The molecule has 0 unspecified atom stereocenters. The van der Waals surface area contributed by atoms with Crippen LogP contribution in [0.2, 0.25) is 0 Å². The summed E-state index contributed by atoms with van der Waals surface area (Å²) in [7, 11) is 0. The highest BCUT2D eigenvalue weighted by Crippen LogP contribution is 2.33. The summed E-state index contributed by atoms with van der Waals surface area (Å²) in [6.45, 7) is 1.54. The Morgan fingerprint density at radius 3 is 3.00 bits per heavy atom. The van der Waals surface area contributed by atoms with Crippen LogP contribution in [0.3, 0.4) is 0 Å². The van der Waals surface area contributed by atoms with Crippen LogP contribution in [0.5, 0.6) is 5.75 Å². The fourth-order valence-corrected chi connectivity index (χ4v) is 2.87. The summed E-state index contributed by atoms with van der Waals surface area (Å²) in [6, 6.07) is 6.83. The average Bonchev–Trinajstić information content (AvgIpc) is 3.08. The summed E-state index contributed by atoms with van der Waals surface area (Å²) in [5, 5.41) is 0. The Morgan fingerprint density at radius 2 is 2.15 bits per heavy atom. The molecule has 4 heteroatoms. The van der Waals surface area contributed by atoms with E-state index in [1.54, 1.807) is 0 Å². The van der Waals surface area contributed by atoms with Crippen molar-refractivity contribution in [2.75, 3.05) is 6.61 Å². The average molecular weight is 270 g/mol. The number of imidazole rings is 1. The van der Waals surface area contributed by atoms with Gasteiger partial charge in [-0.3, -0.25) is 9.13 Å². The lowest BCUT2D eigenvalue weighted by Gasteiger charge is -2.05. The predicted octanol–water partition coefficient (Wildman–Crippen LogP) is 2.16. The van der Waals surface area contributed by atoms with Crippen molar-refractivity contribution in [3.8, 4) is 5.75 Å². The van der Waals surface area contributed by atoms with Crippen LogP contribution in [0.25, 0.3) is 0 Å². The Kier molecular flexibility index (Phi) is 2.69. The minimum absolute atomic E-state index is 0.136. The zero-order valence-corrected chi connectivity index (χ0v) is 11.4. The Morgan fingerprint density at radius 1 is 1.25 bits per heavy atom. The normalized spacial score (nSPS) is 17.0. The molecule has 0 radical (unpaired) electrons. The summed E-state index contributed by atoms with van der Waals surface area (Å²) >= 11 is 0. The maximum Gasteiger partial charge on any atom is 0.328 e. The van der Waals surface area contributed by atoms with E-state index in [-0.39, 0.29) is 5.69 Å². The van der Waals surface area contributed by atoms with E-state index < -0.39 is 0 Å². The van der Waals surface area contributed by atoms with Crippen molar-refractivity contribution in [1.82, 2.24) is 9.13 Å². The first-order chi connectivity index (χ1) is 9.81. The van der Waals surface area contributed by atoms with Crippen molar-refractivity contribution in [1.29, 1.82) is 0 Å². The number of fused-ring (bicyclic) bond motifs is 1. The number of nitrogens with zero attached hydrogens (tertiary/aromatic N) is 2. The summed E-state index contributed by atoms with van der Waals surface area (Å²) in [5.41, 5.74) is 2.71. The Balaban J connectivity index is 1.49. The van der Waals surface area contributed by atoms with Crippen molar-refractivity contribution < 1.29 is 4.74 Å². The Hall–Kier alpha value is -1.97. The van der Waals surface area contributed by atoms with Gasteiger partial charge in [-0.1, -0.05) is 12.1 Å². The molecule has 0 saturated heterocycles. The monoisotopic (exact) mass is 270 g/mol. The van der Waals surface area contributed by atoms with E-state index in [4.69, 9.17) is 4.74 Å². The van der Waals surface area contributed by atoms with Crippen molar-refractivity contribution in [2.45, 2.75) is 38.3 Å². The lowest BCUT2D eigenvalue weighted by atomic mass is 10.1. The summed E-state index contributed by atoms with van der Waals surface area (Å²) in [5.74, 6) is 1.02. The molecular weight excluding hydrogens is 252 g/mol. The molecule has 2 aliphatic rings. The van der Waals surface area contributed by atoms with E-state index >= 15 is 0 Å². The lowest BCUT2D eigenvalue weighted by Crippen LogP contribution is -2.24. The standard InChI is InChI=1S/C16H18N2O2/c19-16-17(8-9-18(16)14-2-3-14)7-5-12-1-4-15-13(11-12)6-10-20-15/h1,4,8-9,11,14H,2-3,5-7,10H2. The molecule has 1 aliphatic carbocycles. The van der Waals surface area contributed by atoms with Gasteiger partial charge in [0.15, 0.2) is 0 Å². The minimum atomic E-state index is 0.136. The summed E-state index contributed by atoms with van der Waals surface area (Å²) < 4.78 is 9.21. The van der Waals surface area contributed by atoms with Gasteiger partial charge in [-0.15, -0.1) is 0 Å². The van der Waals surface area contributed by atoms with Gasteiger partial charge in [0.25, 0.3) is 0 Å². The fourth-order valence-electron chi connectivity index (χ4n) is 2.87. The summed E-state index contributed by atoms with van der Waals surface area (Å²) in [4.78, 5) is 12.2. The van der Waals surface area contributed by atoms with Crippen LogP contribution in [0.1, 0.15) is 30.0 Å². The molecule has 1 aliphatic heterocycles. The quantitative estimate of drug-likeness (QED) is 0.853. The number of rotatable bonds is 4. The number of hydrogen-bond donors (Lipinski definition) is 0. The van der Waals surface area contributed by atoms with Gasteiger partial charge < -0.3 is 4.74 Å². The first-order valence-corrected chi connectivity index (χ1v) is 7.33. The Bertz CT molecular complexity index is 695. The Labute approximate surface area is 117 Å². The van der Waals surface area contributed by atoms with Gasteiger partial charge in [0.2, 0.25) is 0 Å². The molecule has 1 fully saturated rings. The zero-order chi connectivity index (χ0) is 13.5. The molecule has 4 rings (SSSR count). The first kappa shape index (κ1) is 11.8. The first-order valence-electron chi connectivity index (χ1n) is 7.33. The molecule has 20 heavy (non-hydrogen) atoms. The third kappa shape index (κ3) is 2.05. The molecule has 2 aromatic rings. The van der Waals surface area contributed by atoms with Crippen LogP contribution in [-0.4, -0.2) is 15.7 Å². The van der Waals surface area contributed by atoms with Crippen LogP contribution >= 0.6 is 0 Å². The van der Waals surface area contributed by atoms with Crippen molar-refractivity contribution in [3.63, 3.8) is 0 Å².